The molecule has 0 bridgehead atoms. The molecule has 0 aliphatic rings. The summed E-state index contributed by atoms with van der Waals surface area (Å²) in [7, 11) is 0. The van der Waals surface area contributed by atoms with Crippen molar-refractivity contribution < 1.29 is 19.1 Å². The third-order valence-corrected chi connectivity index (χ3v) is 4.35. The van der Waals surface area contributed by atoms with Crippen molar-refractivity contribution in [3.8, 4) is 11.5 Å². The highest BCUT2D eigenvalue weighted by Crippen LogP contribution is 2.31. The molecule has 3 aromatic rings. The summed E-state index contributed by atoms with van der Waals surface area (Å²) in [6.45, 7) is 7.63. The van der Waals surface area contributed by atoms with Crippen molar-refractivity contribution >= 4 is 23.2 Å². The predicted molar refractivity (Wildman–Crippen MR) is 127 cm³/mol. The maximum absolute atomic E-state index is 13.0. The first-order valence-corrected chi connectivity index (χ1v) is 10.0. The lowest BCUT2D eigenvalue weighted by atomic mass is 10.1. The molecular formula is C26H24N2O4. The Hall–Kier alpha value is -4.32. The summed E-state index contributed by atoms with van der Waals surface area (Å²) in [6.07, 6.45) is 3.12. The molecule has 0 spiro atoms. The SMILES string of the molecule is C=CCOc1cc(C(=O)Nc2ccccc2)c(OCC=C)cc1C(=O)Nc1ccccc1. The first-order valence-electron chi connectivity index (χ1n) is 10.0. The van der Waals surface area contributed by atoms with E-state index in [2.05, 4.69) is 23.8 Å². The van der Waals surface area contributed by atoms with Crippen LogP contribution in [0, 0.1) is 0 Å². The lowest BCUT2D eigenvalue weighted by molar-refractivity contribution is 0.100. The predicted octanol–water partition coefficient (Wildman–Crippen LogP) is 5.32. The fraction of sp³-hybridized carbons (Fsp3) is 0.0769. The van der Waals surface area contributed by atoms with Gasteiger partial charge in [0.15, 0.2) is 0 Å². The first-order chi connectivity index (χ1) is 15.6. The lowest BCUT2D eigenvalue weighted by Crippen LogP contribution is -2.18. The monoisotopic (exact) mass is 428 g/mol. The Balaban J connectivity index is 1.99. The molecule has 3 aromatic carbocycles. The van der Waals surface area contributed by atoms with Crippen molar-refractivity contribution in [3.05, 3.63) is 109 Å². The number of benzene rings is 3. The van der Waals surface area contributed by atoms with Crippen LogP contribution in [0.4, 0.5) is 11.4 Å². The molecule has 0 saturated heterocycles. The number of hydrogen-bond acceptors (Lipinski definition) is 4. The van der Waals surface area contributed by atoms with E-state index in [-0.39, 0.29) is 35.8 Å². The van der Waals surface area contributed by atoms with Gasteiger partial charge in [0.05, 0.1) is 11.1 Å². The van der Waals surface area contributed by atoms with Gasteiger partial charge in [-0.25, -0.2) is 0 Å². The molecule has 3 rings (SSSR count). The second kappa shape index (κ2) is 11.2. The quantitative estimate of drug-likeness (QED) is 0.429. The van der Waals surface area contributed by atoms with Gasteiger partial charge in [-0.2, -0.15) is 0 Å². The molecule has 0 radical (unpaired) electrons. The third-order valence-electron chi connectivity index (χ3n) is 4.35. The highest BCUT2D eigenvalue weighted by atomic mass is 16.5. The summed E-state index contributed by atoms with van der Waals surface area (Å²) in [5, 5.41) is 5.65. The summed E-state index contributed by atoms with van der Waals surface area (Å²) in [5.74, 6) is -0.313. The highest BCUT2D eigenvalue weighted by molar-refractivity contribution is 6.10. The van der Waals surface area contributed by atoms with Gasteiger partial charge in [0.1, 0.15) is 24.7 Å². The van der Waals surface area contributed by atoms with Gasteiger partial charge in [0.25, 0.3) is 11.8 Å². The van der Waals surface area contributed by atoms with E-state index in [0.717, 1.165) is 0 Å². The Morgan fingerprint density at radius 1 is 0.688 bits per heavy atom. The summed E-state index contributed by atoms with van der Waals surface area (Å²) < 4.78 is 11.4. The summed E-state index contributed by atoms with van der Waals surface area (Å²) in [5.41, 5.74) is 1.72. The van der Waals surface area contributed by atoms with Gasteiger partial charge in [-0.05, 0) is 36.4 Å². The minimum atomic E-state index is -0.395. The fourth-order valence-electron chi connectivity index (χ4n) is 2.89. The maximum atomic E-state index is 13.0. The summed E-state index contributed by atoms with van der Waals surface area (Å²) in [4.78, 5) is 26.0. The largest absolute Gasteiger partial charge is 0.489 e. The number of hydrogen-bond donors (Lipinski definition) is 2. The molecule has 6 nitrogen and oxygen atoms in total. The van der Waals surface area contributed by atoms with Crippen LogP contribution in [0.1, 0.15) is 20.7 Å². The molecule has 2 N–H and O–H groups in total. The molecule has 0 unspecified atom stereocenters. The van der Waals surface area contributed by atoms with Crippen molar-refractivity contribution in [1.29, 1.82) is 0 Å². The smallest absolute Gasteiger partial charge is 0.259 e. The Morgan fingerprint density at radius 2 is 1.06 bits per heavy atom. The van der Waals surface area contributed by atoms with E-state index >= 15 is 0 Å². The topological polar surface area (TPSA) is 76.7 Å². The molecule has 0 aromatic heterocycles. The minimum absolute atomic E-state index is 0.165. The van der Waals surface area contributed by atoms with Crippen molar-refractivity contribution in [2.45, 2.75) is 0 Å². The third kappa shape index (κ3) is 5.86. The summed E-state index contributed by atoms with van der Waals surface area (Å²) >= 11 is 0. The van der Waals surface area contributed by atoms with Crippen LogP contribution in [-0.2, 0) is 0 Å². The molecule has 0 aliphatic carbocycles. The van der Waals surface area contributed by atoms with Crippen molar-refractivity contribution in [2.24, 2.45) is 0 Å². The summed E-state index contributed by atoms with van der Waals surface area (Å²) in [6, 6.07) is 21.1. The second-order valence-electron chi connectivity index (χ2n) is 6.68. The molecule has 0 aliphatic heterocycles. The molecule has 32 heavy (non-hydrogen) atoms. The van der Waals surface area contributed by atoms with Crippen molar-refractivity contribution in [2.75, 3.05) is 23.8 Å². The van der Waals surface area contributed by atoms with Gasteiger partial charge in [-0.15, -0.1) is 0 Å². The maximum Gasteiger partial charge on any atom is 0.259 e. The molecule has 2 amide bonds. The van der Waals surface area contributed by atoms with Gasteiger partial charge in [-0.3, -0.25) is 9.59 Å². The number of nitrogens with one attached hydrogen (secondary N) is 2. The van der Waals surface area contributed by atoms with Gasteiger partial charge in [0, 0.05) is 11.4 Å². The van der Waals surface area contributed by atoms with Gasteiger partial charge in [-0.1, -0.05) is 61.7 Å². The zero-order valence-electron chi connectivity index (χ0n) is 17.5. The molecule has 0 fully saturated rings. The minimum Gasteiger partial charge on any atom is -0.489 e. The average molecular weight is 428 g/mol. The molecule has 6 heteroatoms. The highest BCUT2D eigenvalue weighted by Gasteiger charge is 2.22. The van der Waals surface area contributed by atoms with Crippen LogP contribution >= 0.6 is 0 Å². The van der Waals surface area contributed by atoms with Crippen molar-refractivity contribution in [1.82, 2.24) is 0 Å². The number of ether oxygens (including phenoxy) is 2. The molecule has 0 heterocycles. The van der Waals surface area contributed by atoms with Gasteiger partial charge in [0.2, 0.25) is 0 Å². The first kappa shape index (κ1) is 22.4. The Bertz CT molecular complexity index is 1010. The van der Waals surface area contributed by atoms with Crippen LogP contribution < -0.4 is 20.1 Å². The lowest BCUT2D eigenvalue weighted by Gasteiger charge is -2.17. The zero-order valence-corrected chi connectivity index (χ0v) is 17.5. The number of carbonyl (C=O) groups excluding carboxylic acids is 2. The number of amides is 2. The molecule has 0 atom stereocenters. The molecular weight excluding hydrogens is 404 g/mol. The number of para-hydroxylation sites is 2. The van der Waals surface area contributed by atoms with Crippen LogP contribution in [0.15, 0.2) is 98.1 Å². The van der Waals surface area contributed by atoms with E-state index in [1.807, 2.05) is 36.4 Å². The molecule has 162 valence electrons. The second-order valence-corrected chi connectivity index (χ2v) is 6.68. The van der Waals surface area contributed by atoms with E-state index < -0.39 is 11.8 Å². The standard InChI is InChI=1S/C26H24N2O4/c1-3-15-31-23-17-22(26(30)28-20-13-9-6-10-14-20)24(32-16-4-2)18-21(23)25(29)27-19-11-7-5-8-12-19/h3-14,17-18H,1-2,15-16H2,(H,27,29)(H,28,30). The van der Waals surface area contributed by atoms with Crippen LogP contribution in [0.2, 0.25) is 0 Å². The Kier molecular flexibility index (Phi) is 7.81. The number of rotatable bonds is 10. The van der Waals surface area contributed by atoms with Gasteiger partial charge < -0.3 is 20.1 Å². The van der Waals surface area contributed by atoms with Crippen molar-refractivity contribution in [3.63, 3.8) is 0 Å². The number of carbonyl (C=O) groups is 2. The van der Waals surface area contributed by atoms with E-state index in [1.54, 1.807) is 36.4 Å². The number of anilines is 2. The Labute approximate surface area is 187 Å². The van der Waals surface area contributed by atoms with E-state index in [4.69, 9.17) is 9.47 Å². The normalized spacial score (nSPS) is 10.0. The Morgan fingerprint density at radius 3 is 1.41 bits per heavy atom. The van der Waals surface area contributed by atoms with Crippen LogP contribution in [0.3, 0.4) is 0 Å². The average Bonchev–Trinajstić information content (AvgIpc) is 2.82. The van der Waals surface area contributed by atoms with Gasteiger partial charge >= 0.3 is 0 Å². The van der Waals surface area contributed by atoms with E-state index in [9.17, 15) is 9.59 Å². The fourth-order valence-corrected chi connectivity index (χ4v) is 2.89. The van der Waals surface area contributed by atoms with Crippen LogP contribution in [-0.4, -0.2) is 25.0 Å². The van der Waals surface area contributed by atoms with E-state index in [1.165, 1.54) is 12.1 Å². The van der Waals surface area contributed by atoms with E-state index in [0.29, 0.717) is 11.4 Å². The van der Waals surface area contributed by atoms with Crippen LogP contribution in [0.25, 0.3) is 0 Å². The zero-order chi connectivity index (χ0) is 22.8. The molecule has 0 saturated carbocycles. The van der Waals surface area contributed by atoms with Crippen LogP contribution in [0.5, 0.6) is 11.5 Å².